The van der Waals surface area contributed by atoms with Crippen LogP contribution < -0.4 is 5.73 Å². The first kappa shape index (κ1) is 17.8. The fourth-order valence-corrected chi connectivity index (χ4v) is 1.71. The van der Waals surface area contributed by atoms with Crippen LogP contribution in [0.2, 0.25) is 10.0 Å². The molecule has 104 valence electrons. The molecule has 0 aliphatic carbocycles. The summed E-state index contributed by atoms with van der Waals surface area (Å²) in [6, 6.07) is 2.27. The van der Waals surface area contributed by atoms with Crippen LogP contribution in [0.1, 0.15) is 18.1 Å². The molecule has 0 aliphatic rings. The van der Waals surface area contributed by atoms with Crippen LogP contribution in [0.15, 0.2) is 18.2 Å². The van der Waals surface area contributed by atoms with Crippen LogP contribution in [0.5, 0.6) is 0 Å². The van der Waals surface area contributed by atoms with Gasteiger partial charge in [-0.2, -0.15) is 13.2 Å². The summed E-state index contributed by atoms with van der Waals surface area (Å²) in [7, 11) is 0. The van der Waals surface area contributed by atoms with Crippen molar-refractivity contribution >= 4 is 35.6 Å². The predicted octanol–water partition coefficient (Wildman–Crippen LogP) is 3.73. The molecule has 0 bridgehead atoms. The maximum Gasteiger partial charge on any atom is 0.403 e. The minimum absolute atomic E-state index is 0. The quantitative estimate of drug-likeness (QED) is 0.890. The zero-order valence-electron chi connectivity index (χ0n) is 8.92. The number of rotatable bonds is 3. The van der Waals surface area contributed by atoms with Gasteiger partial charge < -0.3 is 10.8 Å². The Balaban J connectivity index is 0.00000289. The summed E-state index contributed by atoms with van der Waals surface area (Å²) >= 11 is 11.5. The van der Waals surface area contributed by atoms with Crippen LogP contribution in [-0.2, 0) is 0 Å². The average Bonchev–Trinajstić information content (AvgIpc) is 2.20. The zero-order chi connectivity index (χ0) is 13.2. The molecule has 8 heteroatoms. The second-order valence-electron chi connectivity index (χ2n) is 3.54. The largest absolute Gasteiger partial charge is 0.403 e. The van der Waals surface area contributed by atoms with Crippen molar-refractivity contribution in [3.05, 3.63) is 33.8 Å². The van der Waals surface area contributed by atoms with Gasteiger partial charge in [-0.3, -0.25) is 0 Å². The number of aliphatic hydroxyl groups is 1. The number of hydrogen-bond acceptors (Lipinski definition) is 2. The second-order valence-corrected chi connectivity index (χ2v) is 4.33. The van der Waals surface area contributed by atoms with Gasteiger partial charge in [0.2, 0.25) is 0 Å². The highest BCUT2D eigenvalue weighted by Gasteiger charge is 2.38. The smallest absolute Gasteiger partial charge is 0.388 e. The maximum atomic E-state index is 12.2. The van der Waals surface area contributed by atoms with E-state index >= 15 is 0 Å². The van der Waals surface area contributed by atoms with Crippen molar-refractivity contribution in [2.24, 2.45) is 5.73 Å². The van der Waals surface area contributed by atoms with Gasteiger partial charge in [-0.25, -0.2) is 0 Å². The molecule has 2 atom stereocenters. The van der Waals surface area contributed by atoms with E-state index in [1.165, 1.54) is 18.2 Å². The maximum absolute atomic E-state index is 12.2. The van der Waals surface area contributed by atoms with E-state index in [0.29, 0.717) is 0 Å². The third-order valence-electron chi connectivity index (χ3n) is 2.24. The predicted molar refractivity (Wildman–Crippen MR) is 67.3 cm³/mol. The summed E-state index contributed by atoms with van der Waals surface area (Å²) in [5.41, 5.74) is 5.05. The van der Waals surface area contributed by atoms with Crippen molar-refractivity contribution in [3.63, 3.8) is 0 Å². The molecular weight excluding hydrogens is 313 g/mol. The van der Waals surface area contributed by atoms with Crippen molar-refractivity contribution < 1.29 is 18.3 Å². The number of hydrogen-bond donors (Lipinski definition) is 2. The van der Waals surface area contributed by atoms with Gasteiger partial charge in [0.1, 0.15) is 6.04 Å². The van der Waals surface area contributed by atoms with Gasteiger partial charge in [0.25, 0.3) is 0 Å². The highest BCUT2D eigenvalue weighted by Crippen LogP contribution is 2.33. The third-order valence-corrected chi connectivity index (χ3v) is 3.07. The zero-order valence-corrected chi connectivity index (χ0v) is 11.2. The third kappa shape index (κ3) is 4.48. The molecule has 0 unspecified atom stereocenters. The molecule has 1 rings (SSSR count). The van der Waals surface area contributed by atoms with E-state index in [2.05, 4.69) is 0 Å². The normalized spacial score (nSPS) is 14.8. The molecule has 0 spiro atoms. The highest BCUT2D eigenvalue weighted by molar-refractivity contribution is 6.42. The van der Waals surface area contributed by atoms with Crippen LogP contribution in [0.25, 0.3) is 0 Å². The van der Waals surface area contributed by atoms with E-state index in [4.69, 9.17) is 28.9 Å². The molecule has 0 aliphatic heterocycles. The van der Waals surface area contributed by atoms with Crippen LogP contribution in [0.3, 0.4) is 0 Å². The van der Waals surface area contributed by atoms with E-state index < -0.39 is 24.7 Å². The molecule has 3 N–H and O–H groups in total. The minimum Gasteiger partial charge on any atom is -0.388 e. The summed E-state index contributed by atoms with van der Waals surface area (Å²) in [6.07, 6.45) is -6.62. The standard InChI is InChI=1S/C10H10Cl2F3NO.ClH/c11-6-3-1-2-5(9(6)12)7(17)4-8(16)10(13,14)15;/h1-3,7-8,17H,4,16H2;1H/t7-,8-;/m0./s1. The van der Waals surface area contributed by atoms with E-state index in [0.717, 1.165) is 0 Å². The van der Waals surface area contributed by atoms with Crippen LogP contribution >= 0.6 is 35.6 Å². The number of alkyl halides is 3. The van der Waals surface area contributed by atoms with E-state index in [-0.39, 0.29) is 28.0 Å². The second kappa shape index (κ2) is 6.82. The number of halogens is 6. The number of nitrogens with two attached hydrogens (primary N) is 1. The molecule has 1 aromatic rings. The lowest BCUT2D eigenvalue weighted by Crippen LogP contribution is -2.38. The molecular formula is C10H11Cl3F3NO. The van der Waals surface area contributed by atoms with Crippen LogP contribution in [0.4, 0.5) is 13.2 Å². The van der Waals surface area contributed by atoms with Gasteiger partial charge in [-0.15, -0.1) is 12.4 Å². The monoisotopic (exact) mass is 323 g/mol. The molecule has 0 saturated heterocycles. The van der Waals surface area contributed by atoms with Crippen LogP contribution in [-0.4, -0.2) is 17.3 Å². The highest BCUT2D eigenvalue weighted by atomic mass is 35.5. The van der Waals surface area contributed by atoms with Crippen LogP contribution in [0, 0.1) is 0 Å². The first-order chi connectivity index (χ1) is 7.73. The first-order valence-corrected chi connectivity index (χ1v) is 5.43. The van der Waals surface area contributed by atoms with Crippen molar-refractivity contribution in [1.29, 1.82) is 0 Å². The minimum atomic E-state index is -4.55. The molecule has 0 heterocycles. The molecule has 0 aromatic heterocycles. The molecule has 18 heavy (non-hydrogen) atoms. The van der Waals surface area contributed by atoms with Gasteiger partial charge in [0.05, 0.1) is 16.1 Å². The van der Waals surface area contributed by atoms with Crippen molar-refractivity contribution in [2.45, 2.75) is 24.7 Å². The van der Waals surface area contributed by atoms with Crippen molar-refractivity contribution in [1.82, 2.24) is 0 Å². The molecule has 0 amide bonds. The molecule has 0 radical (unpaired) electrons. The van der Waals surface area contributed by atoms with E-state index in [9.17, 15) is 18.3 Å². The Morgan fingerprint density at radius 3 is 2.33 bits per heavy atom. The van der Waals surface area contributed by atoms with Crippen molar-refractivity contribution in [3.8, 4) is 0 Å². The lowest BCUT2D eigenvalue weighted by atomic mass is 10.0. The summed E-state index contributed by atoms with van der Waals surface area (Å²) in [4.78, 5) is 0. The summed E-state index contributed by atoms with van der Waals surface area (Å²) in [5, 5.41) is 9.84. The summed E-state index contributed by atoms with van der Waals surface area (Å²) in [5.74, 6) is 0. The van der Waals surface area contributed by atoms with E-state index in [1.807, 2.05) is 0 Å². The van der Waals surface area contributed by atoms with Gasteiger partial charge in [-0.05, 0) is 6.07 Å². The number of benzene rings is 1. The average molecular weight is 325 g/mol. The van der Waals surface area contributed by atoms with E-state index in [1.54, 1.807) is 0 Å². The van der Waals surface area contributed by atoms with Gasteiger partial charge >= 0.3 is 6.18 Å². The van der Waals surface area contributed by atoms with Gasteiger partial charge in [-0.1, -0.05) is 35.3 Å². The summed E-state index contributed by atoms with van der Waals surface area (Å²) < 4.78 is 36.6. The Bertz CT molecular complexity index is 400. The SMILES string of the molecule is Cl.N[C@@H](C[C@H](O)c1cccc(Cl)c1Cl)C(F)(F)F. The van der Waals surface area contributed by atoms with Crippen molar-refractivity contribution in [2.75, 3.05) is 0 Å². The first-order valence-electron chi connectivity index (χ1n) is 4.67. The lowest BCUT2D eigenvalue weighted by molar-refractivity contribution is -0.153. The van der Waals surface area contributed by atoms with Gasteiger partial charge in [0, 0.05) is 12.0 Å². The van der Waals surface area contributed by atoms with Gasteiger partial charge in [0.15, 0.2) is 0 Å². The Hall–Kier alpha value is -0.200. The topological polar surface area (TPSA) is 46.2 Å². The molecule has 1 aromatic carbocycles. The Kier molecular flexibility index (Phi) is 6.74. The Morgan fingerprint density at radius 1 is 1.28 bits per heavy atom. The Labute approximate surface area is 118 Å². The lowest BCUT2D eigenvalue weighted by Gasteiger charge is -2.20. The number of aliphatic hydroxyl groups excluding tert-OH is 1. The summed E-state index contributed by atoms with van der Waals surface area (Å²) in [6.45, 7) is 0. The molecule has 0 saturated carbocycles. The molecule has 2 nitrogen and oxygen atoms in total. The Morgan fingerprint density at radius 2 is 1.83 bits per heavy atom. The fourth-order valence-electron chi connectivity index (χ4n) is 1.28. The fraction of sp³-hybridized carbons (Fsp3) is 0.400. The molecule has 0 fully saturated rings.